The topological polar surface area (TPSA) is 29.1 Å². The summed E-state index contributed by atoms with van der Waals surface area (Å²) < 4.78 is 0. The molecule has 0 aliphatic heterocycles. The molecule has 1 aromatic carbocycles. The molecule has 4 aliphatic carbocycles. The van der Waals surface area contributed by atoms with Gasteiger partial charge in [0.05, 0.1) is 6.04 Å². The zero-order chi connectivity index (χ0) is 16.0. The number of rotatable bonds is 4. The maximum absolute atomic E-state index is 12.7. The fourth-order valence-electron chi connectivity index (χ4n) is 6.00. The van der Waals surface area contributed by atoms with Crippen LogP contribution >= 0.6 is 11.6 Å². The van der Waals surface area contributed by atoms with Crippen LogP contribution in [0.25, 0.3) is 0 Å². The van der Waals surface area contributed by atoms with Crippen molar-refractivity contribution in [3.63, 3.8) is 0 Å². The third kappa shape index (κ3) is 3.15. The zero-order valence-electron chi connectivity index (χ0n) is 13.9. The zero-order valence-corrected chi connectivity index (χ0v) is 14.6. The van der Waals surface area contributed by atoms with Crippen molar-refractivity contribution in [3.05, 3.63) is 34.9 Å². The highest BCUT2D eigenvalue weighted by Crippen LogP contribution is 2.61. The van der Waals surface area contributed by atoms with Crippen LogP contribution in [0.5, 0.6) is 0 Å². The first-order valence-electron chi connectivity index (χ1n) is 9.06. The van der Waals surface area contributed by atoms with Gasteiger partial charge in [-0.3, -0.25) is 4.79 Å². The lowest BCUT2D eigenvalue weighted by Crippen LogP contribution is -2.48. The summed E-state index contributed by atoms with van der Waals surface area (Å²) in [6, 6.07) is 7.81. The SMILES string of the molecule is CC(NC(=O)CC12CC3CC(CC(C3)C1)C2)c1cccc(Cl)c1. The minimum Gasteiger partial charge on any atom is -0.350 e. The lowest BCUT2D eigenvalue weighted by atomic mass is 9.49. The first-order chi connectivity index (χ1) is 11.0. The summed E-state index contributed by atoms with van der Waals surface area (Å²) in [6.07, 6.45) is 8.88. The second-order valence-electron chi connectivity index (χ2n) is 8.44. The molecule has 23 heavy (non-hydrogen) atoms. The van der Waals surface area contributed by atoms with E-state index in [-0.39, 0.29) is 11.9 Å². The molecule has 3 heteroatoms. The summed E-state index contributed by atoms with van der Waals surface area (Å²) in [4.78, 5) is 12.7. The second-order valence-corrected chi connectivity index (χ2v) is 8.87. The van der Waals surface area contributed by atoms with Gasteiger partial charge in [0.25, 0.3) is 0 Å². The molecular formula is C20H26ClNO. The molecule has 0 saturated heterocycles. The van der Waals surface area contributed by atoms with E-state index in [0.717, 1.165) is 34.8 Å². The molecule has 1 atom stereocenters. The number of hydrogen-bond donors (Lipinski definition) is 1. The van der Waals surface area contributed by atoms with E-state index in [1.54, 1.807) is 0 Å². The van der Waals surface area contributed by atoms with Crippen molar-refractivity contribution in [1.82, 2.24) is 5.32 Å². The number of halogens is 1. The molecule has 124 valence electrons. The highest BCUT2D eigenvalue weighted by molar-refractivity contribution is 6.30. The molecule has 4 bridgehead atoms. The third-order valence-corrected chi connectivity index (χ3v) is 6.66. The van der Waals surface area contributed by atoms with E-state index in [0.29, 0.717) is 5.41 Å². The molecule has 1 aromatic rings. The quantitative estimate of drug-likeness (QED) is 0.814. The normalized spacial score (nSPS) is 36.0. The Balaban J connectivity index is 1.40. The lowest BCUT2D eigenvalue weighted by molar-refractivity contribution is -0.130. The van der Waals surface area contributed by atoms with Crippen LogP contribution in [-0.4, -0.2) is 5.91 Å². The van der Waals surface area contributed by atoms with E-state index in [1.165, 1.54) is 38.5 Å². The molecule has 0 aromatic heterocycles. The Labute approximate surface area is 144 Å². The van der Waals surface area contributed by atoms with Crippen molar-refractivity contribution in [1.29, 1.82) is 0 Å². The molecule has 4 fully saturated rings. The molecule has 0 spiro atoms. The van der Waals surface area contributed by atoms with Crippen molar-refractivity contribution in [2.75, 3.05) is 0 Å². The smallest absolute Gasteiger partial charge is 0.221 e. The Morgan fingerprint density at radius 1 is 1.22 bits per heavy atom. The van der Waals surface area contributed by atoms with Crippen LogP contribution in [-0.2, 0) is 4.79 Å². The molecule has 1 unspecified atom stereocenters. The van der Waals surface area contributed by atoms with Gasteiger partial charge in [-0.05, 0) is 86.3 Å². The van der Waals surface area contributed by atoms with Crippen molar-refractivity contribution < 1.29 is 4.79 Å². The number of carbonyl (C=O) groups is 1. The van der Waals surface area contributed by atoms with Gasteiger partial charge in [-0.2, -0.15) is 0 Å². The fourth-order valence-corrected chi connectivity index (χ4v) is 6.20. The van der Waals surface area contributed by atoms with Gasteiger partial charge >= 0.3 is 0 Å². The molecule has 0 heterocycles. The maximum Gasteiger partial charge on any atom is 0.221 e. The first kappa shape index (κ1) is 15.5. The molecule has 2 nitrogen and oxygen atoms in total. The predicted molar refractivity (Wildman–Crippen MR) is 93.2 cm³/mol. The van der Waals surface area contributed by atoms with E-state index in [4.69, 9.17) is 11.6 Å². The predicted octanol–water partition coefficient (Wildman–Crippen LogP) is 5.12. The van der Waals surface area contributed by atoms with Crippen molar-refractivity contribution >= 4 is 17.5 Å². The number of hydrogen-bond acceptors (Lipinski definition) is 1. The standard InChI is InChI=1S/C20H26ClNO/c1-13(17-3-2-4-18(21)8-17)22-19(23)12-20-9-14-5-15(10-20)7-16(6-14)11-20/h2-4,8,13-16H,5-7,9-12H2,1H3,(H,22,23). The Kier molecular flexibility index (Phi) is 3.91. The molecule has 1 N–H and O–H groups in total. The minimum atomic E-state index is 0.0233. The van der Waals surface area contributed by atoms with Gasteiger partial charge in [0.2, 0.25) is 5.91 Å². The Hall–Kier alpha value is -1.02. The van der Waals surface area contributed by atoms with Gasteiger partial charge in [-0.25, -0.2) is 0 Å². The first-order valence-corrected chi connectivity index (χ1v) is 9.44. The average Bonchev–Trinajstić information content (AvgIpc) is 2.44. The van der Waals surface area contributed by atoms with Crippen LogP contribution in [0.1, 0.15) is 63.5 Å². The fraction of sp³-hybridized carbons (Fsp3) is 0.650. The highest BCUT2D eigenvalue weighted by Gasteiger charge is 2.51. The van der Waals surface area contributed by atoms with Crippen LogP contribution < -0.4 is 5.32 Å². The number of amides is 1. The van der Waals surface area contributed by atoms with Gasteiger partial charge in [-0.15, -0.1) is 0 Å². The van der Waals surface area contributed by atoms with Crippen LogP contribution in [0.3, 0.4) is 0 Å². The average molecular weight is 332 g/mol. The summed E-state index contributed by atoms with van der Waals surface area (Å²) in [6.45, 7) is 2.04. The Morgan fingerprint density at radius 2 is 1.83 bits per heavy atom. The van der Waals surface area contributed by atoms with Gasteiger partial charge in [-0.1, -0.05) is 23.7 Å². The Bertz CT molecular complexity index is 576. The molecule has 4 aliphatic rings. The van der Waals surface area contributed by atoms with E-state index >= 15 is 0 Å². The third-order valence-electron chi connectivity index (χ3n) is 6.43. The molecule has 4 saturated carbocycles. The molecule has 0 radical (unpaired) electrons. The minimum absolute atomic E-state index is 0.0233. The summed E-state index contributed by atoms with van der Waals surface area (Å²) in [5.41, 5.74) is 1.39. The maximum atomic E-state index is 12.7. The van der Waals surface area contributed by atoms with Gasteiger partial charge in [0.15, 0.2) is 0 Å². The monoisotopic (exact) mass is 331 g/mol. The van der Waals surface area contributed by atoms with Crippen LogP contribution in [0, 0.1) is 23.2 Å². The van der Waals surface area contributed by atoms with Crippen molar-refractivity contribution in [3.8, 4) is 0 Å². The summed E-state index contributed by atoms with van der Waals surface area (Å²) in [5, 5.41) is 3.93. The van der Waals surface area contributed by atoms with Gasteiger partial charge in [0.1, 0.15) is 0 Å². The van der Waals surface area contributed by atoms with E-state index in [2.05, 4.69) is 5.32 Å². The Morgan fingerprint density at radius 3 is 2.39 bits per heavy atom. The summed E-state index contributed by atoms with van der Waals surface area (Å²) in [7, 11) is 0. The molecular weight excluding hydrogens is 306 g/mol. The summed E-state index contributed by atoms with van der Waals surface area (Å²) in [5.74, 6) is 2.93. The molecule has 1 amide bonds. The van der Waals surface area contributed by atoms with E-state index in [1.807, 2.05) is 31.2 Å². The summed E-state index contributed by atoms with van der Waals surface area (Å²) >= 11 is 6.06. The van der Waals surface area contributed by atoms with Crippen LogP contribution in [0.4, 0.5) is 0 Å². The largest absolute Gasteiger partial charge is 0.350 e. The van der Waals surface area contributed by atoms with Gasteiger partial charge in [0, 0.05) is 11.4 Å². The molecule has 5 rings (SSSR count). The number of benzene rings is 1. The van der Waals surface area contributed by atoms with E-state index < -0.39 is 0 Å². The highest BCUT2D eigenvalue weighted by atomic mass is 35.5. The van der Waals surface area contributed by atoms with Crippen LogP contribution in [0.15, 0.2) is 24.3 Å². The number of carbonyl (C=O) groups excluding carboxylic acids is 1. The van der Waals surface area contributed by atoms with Gasteiger partial charge < -0.3 is 5.32 Å². The number of nitrogens with one attached hydrogen (secondary N) is 1. The van der Waals surface area contributed by atoms with Crippen LogP contribution in [0.2, 0.25) is 5.02 Å². The van der Waals surface area contributed by atoms with Crippen molar-refractivity contribution in [2.45, 2.75) is 57.9 Å². The lowest BCUT2D eigenvalue weighted by Gasteiger charge is -2.56. The second kappa shape index (κ2) is 5.81. The van der Waals surface area contributed by atoms with Crippen molar-refractivity contribution in [2.24, 2.45) is 23.2 Å². The van der Waals surface area contributed by atoms with E-state index in [9.17, 15) is 4.79 Å².